The molecule has 0 bridgehead atoms. The second-order valence-corrected chi connectivity index (χ2v) is 11.5. The van der Waals surface area contributed by atoms with Gasteiger partial charge in [-0.15, -0.1) is 0 Å². The molecule has 282 valence electrons. The van der Waals surface area contributed by atoms with Crippen LogP contribution >= 0.6 is 0 Å². The van der Waals surface area contributed by atoms with Gasteiger partial charge < -0.3 is 44.4 Å². The summed E-state index contributed by atoms with van der Waals surface area (Å²) in [6.45, 7) is 16.2. The average molecular weight is 739 g/mol. The van der Waals surface area contributed by atoms with Gasteiger partial charge in [0, 0.05) is 33.8 Å². The van der Waals surface area contributed by atoms with Crippen LogP contribution in [-0.4, -0.2) is 72.5 Å². The molecule has 0 aliphatic carbocycles. The molecule has 15 heteroatoms. The monoisotopic (exact) mass is 738 g/mol. The number of aromatic nitrogens is 3. The smallest absolute Gasteiger partial charge is 0.333 e. The van der Waals surface area contributed by atoms with E-state index in [1.807, 2.05) is 0 Å². The van der Waals surface area contributed by atoms with Crippen LogP contribution in [0.15, 0.2) is 109 Å². The molecule has 0 saturated heterocycles. The number of carbonyl (C=O) groups is 3. The lowest BCUT2D eigenvalue weighted by Gasteiger charge is -2.13. The van der Waals surface area contributed by atoms with Gasteiger partial charge in [-0.3, -0.25) is 0 Å². The quantitative estimate of drug-likeness (QED) is 0.0360. The second kappa shape index (κ2) is 20.2. The van der Waals surface area contributed by atoms with Crippen molar-refractivity contribution in [3.8, 4) is 17.2 Å². The molecule has 0 atom stereocenters. The molecular formula is C39H42N6O9. The summed E-state index contributed by atoms with van der Waals surface area (Å²) in [6, 6.07) is 21.3. The topological polar surface area (TPSA) is 181 Å². The lowest BCUT2D eigenvalue weighted by molar-refractivity contribution is -0.140. The van der Waals surface area contributed by atoms with E-state index in [1.54, 1.807) is 93.6 Å². The number of hydrogen-bond acceptors (Lipinski definition) is 15. The summed E-state index contributed by atoms with van der Waals surface area (Å²) < 4.78 is 32.2. The van der Waals surface area contributed by atoms with Crippen molar-refractivity contribution in [3.63, 3.8) is 0 Å². The predicted molar refractivity (Wildman–Crippen MR) is 203 cm³/mol. The highest BCUT2D eigenvalue weighted by Crippen LogP contribution is 2.24. The zero-order valence-corrected chi connectivity index (χ0v) is 30.3. The Balaban J connectivity index is 1.42. The number of nitrogens with one attached hydrogen (secondary N) is 3. The molecule has 15 nitrogen and oxygen atoms in total. The Morgan fingerprint density at radius 3 is 0.907 bits per heavy atom. The molecular weight excluding hydrogens is 696 g/mol. The molecule has 1 heterocycles. The van der Waals surface area contributed by atoms with Crippen molar-refractivity contribution in [2.75, 3.05) is 55.6 Å². The number of anilines is 6. The molecule has 3 N–H and O–H groups in total. The van der Waals surface area contributed by atoms with Gasteiger partial charge in [-0.1, -0.05) is 19.7 Å². The Bertz CT molecular complexity index is 1700. The van der Waals surface area contributed by atoms with Crippen molar-refractivity contribution >= 4 is 52.8 Å². The number of benzene rings is 3. The second-order valence-electron chi connectivity index (χ2n) is 11.5. The zero-order valence-electron chi connectivity index (χ0n) is 30.3. The molecule has 0 saturated carbocycles. The van der Waals surface area contributed by atoms with Gasteiger partial charge in [-0.05, 0) is 93.6 Å². The number of esters is 3. The van der Waals surface area contributed by atoms with Gasteiger partial charge in [0.15, 0.2) is 0 Å². The Labute approximate surface area is 313 Å². The van der Waals surface area contributed by atoms with E-state index in [0.717, 1.165) is 0 Å². The summed E-state index contributed by atoms with van der Waals surface area (Å²) in [5, 5.41) is 9.55. The maximum Gasteiger partial charge on any atom is 0.333 e. The number of carbonyl (C=O) groups excluding carboxylic acids is 3. The molecule has 0 fully saturated rings. The van der Waals surface area contributed by atoms with Crippen molar-refractivity contribution in [1.29, 1.82) is 0 Å². The molecule has 3 aromatic carbocycles. The Morgan fingerprint density at radius 2 is 0.685 bits per heavy atom. The summed E-state index contributed by atoms with van der Waals surface area (Å²) in [4.78, 5) is 48.3. The predicted octanol–water partition coefficient (Wildman–Crippen LogP) is 6.60. The van der Waals surface area contributed by atoms with E-state index in [-0.39, 0.29) is 57.5 Å². The first-order valence-electron chi connectivity index (χ1n) is 16.7. The highest BCUT2D eigenvalue weighted by Gasteiger charge is 2.11. The minimum atomic E-state index is -0.471. The van der Waals surface area contributed by atoms with Crippen LogP contribution in [-0.2, 0) is 28.6 Å². The maximum absolute atomic E-state index is 11.6. The zero-order chi connectivity index (χ0) is 38.9. The van der Waals surface area contributed by atoms with Gasteiger partial charge in [-0.25, -0.2) is 14.4 Å². The first-order chi connectivity index (χ1) is 25.9. The van der Waals surface area contributed by atoms with Gasteiger partial charge in [0.2, 0.25) is 17.8 Å². The molecule has 0 aliphatic heterocycles. The van der Waals surface area contributed by atoms with Crippen molar-refractivity contribution in [3.05, 3.63) is 109 Å². The van der Waals surface area contributed by atoms with Crippen LogP contribution in [0.3, 0.4) is 0 Å². The van der Waals surface area contributed by atoms with E-state index in [2.05, 4.69) is 50.6 Å². The minimum absolute atomic E-state index is 0.0908. The fourth-order valence-corrected chi connectivity index (χ4v) is 4.09. The summed E-state index contributed by atoms with van der Waals surface area (Å²) in [5.41, 5.74) is 2.97. The van der Waals surface area contributed by atoms with Gasteiger partial charge in [0.1, 0.15) is 56.9 Å². The van der Waals surface area contributed by atoms with E-state index < -0.39 is 17.9 Å². The van der Waals surface area contributed by atoms with Crippen molar-refractivity contribution < 1.29 is 42.8 Å². The van der Waals surface area contributed by atoms with Crippen molar-refractivity contribution in [1.82, 2.24) is 15.0 Å². The third kappa shape index (κ3) is 13.7. The summed E-state index contributed by atoms with van der Waals surface area (Å²) in [6.07, 6.45) is 0. The number of ether oxygens (including phenoxy) is 6. The van der Waals surface area contributed by atoms with E-state index in [9.17, 15) is 14.4 Å². The molecule has 0 radical (unpaired) electrons. The van der Waals surface area contributed by atoms with Crippen LogP contribution in [0.2, 0.25) is 0 Å². The summed E-state index contributed by atoms with van der Waals surface area (Å²) >= 11 is 0. The van der Waals surface area contributed by atoms with Gasteiger partial charge >= 0.3 is 17.9 Å². The van der Waals surface area contributed by atoms with Crippen molar-refractivity contribution in [2.45, 2.75) is 20.8 Å². The lowest BCUT2D eigenvalue weighted by Crippen LogP contribution is -2.12. The standard InChI is InChI=1S/C39H42N6O9/c1-25(2)34(46)52-22-19-49-31-13-7-28(8-14-31)40-37-43-38(41-29-9-15-32(16-10-29)50-20-23-53-35(47)26(3)4)45-39(44-37)42-30-11-17-33(18-12-30)51-21-24-54-36(48)27(5)6/h7-18H,1,3,5,19-24H2,2,4,6H3,(H3,40,41,42,43,44,45). The molecule has 0 unspecified atom stereocenters. The van der Waals surface area contributed by atoms with Crippen LogP contribution in [0.1, 0.15) is 20.8 Å². The maximum atomic E-state index is 11.6. The number of rotatable bonds is 21. The van der Waals surface area contributed by atoms with Crippen LogP contribution < -0.4 is 30.2 Å². The van der Waals surface area contributed by atoms with Crippen molar-refractivity contribution in [2.24, 2.45) is 0 Å². The van der Waals surface area contributed by atoms with E-state index >= 15 is 0 Å². The van der Waals surface area contributed by atoms with Crippen LogP contribution in [0, 0.1) is 0 Å². The largest absolute Gasteiger partial charge is 0.490 e. The summed E-state index contributed by atoms with van der Waals surface area (Å²) in [7, 11) is 0. The number of nitrogens with zero attached hydrogens (tertiary/aromatic N) is 3. The van der Waals surface area contributed by atoms with Crippen LogP contribution in [0.4, 0.5) is 34.9 Å². The highest BCUT2D eigenvalue weighted by atomic mass is 16.6. The molecule has 4 rings (SSSR count). The van der Waals surface area contributed by atoms with Crippen LogP contribution in [0.25, 0.3) is 0 Å². The molecule has 0 amide bonds. The minimum Gasteiger partial charge on any atom is -0.490 e. The molecule has 1 aromatic heterocycles. The number of hydrogen-bond donors (Lipinski definition) is 3. The SMILES string of the molecule is C=C(C)C(=O)OCCOc1ccc(Nc2nc(Nc3ccc(OCCOC(=O)C(=C)C)cc3)nc(Nc3ccc(OCCOC(=O)C(=C)C)cc3)n2)cc1. The van der Waals surface area contributed by atoms with Gasteiger partial charge in [0.25, 0.3) is 0 Å². The normalized spacial score (nSPS) is 10.3. The first-order valence-corrected chi connectivity index (χ1v) is 16.7. The fourth-order valence-electron chi connectivity index (χ4n) is 4.09. The molecule has 4 aromatic rings. The molecule has 0 spiro atoms. The first kappa shape index (κ1) is 39.9. The van der Waals surface area contributed by atoms with Crippen LogP contribution in [0.5, 0.6) is 17.2 Å². The molecule has 0 aliphatic rings. The summed E-state index contributed by atoms with van der Waals surface area (Å²) in [5.74, 6) is 1.04. The third-order valence-corrected chi connectivity index (χ3v) is 6.77. The lowest BCUT2D eigenvalue weighted by atomic mass is 10.3. The van der Waals surface area contributed by atoms with E-state index in [1.165, 1.54) is 0 Å². The Morgan fingerprint density at radius 1 is 0.444 bits per heavy atom. The molecule has 54 heavy (non-hydrogen) atoms. The Hall–Kier alpha value is -6.90. The van der Waals surface area contributed by atoms with E-state index in [4.69, 9.17) is 28.4 Å². The third-order valence-electron chi connectivity index (χ3n) is 6.77. The highest BCUT2D eigenvalue weighted by molar-refractivity contribution is 5.87. The van der Waals surface area contributed by atoms with Gasteiger partial charge in [-0.2, -0.15) is 15.0 Å². The van der Waals surface area contributed by atoms with Gasteiger partial charge in [0.05, 0.1) is 0 Å². The van der Waals surface area contributed by atoms with E-state index in [0.29, 0.717) is 51.0 Å². The average Bonchev–Trinajstić information content (AvgIpc) is 3.15. The Kier molecular flexibility index (Phi) is 14.9. The fraction of sp³-hybridized carbons (Fsp3) is 0.231.